The number of esters is 1. The van der Waals surface area contributed by atoms with Gasteiger partial charge in [0, 0.05) is 0 Å². The molecule has 1 aliphatic carbocycles. The molecule has 0 heterocycles. The second-order valence-electron chi connectivity index (χ2n) is 7.01. The van der Waals surface area contributed by atoms with Gasteiger partial charge in [-0.05, 0) is 50.5 Å². The maximum atomic E-state index is 11.9. The van der Waals surface area contributed by atoms with E-state index >= 15 is 0 Å². The Kier molecular flexibility index (Phi) is 3.71. The predicted octanol–water partition coefficient (Wildman–Crippen LogP) is 3.99. The van der Waals surface area contributed by atoms with Crippen molar-refractivity contribution in [1.82, 2.24) is 0 Å². The monoisotopic (exact) mass is 260 g/mol. The molecule has 1 aromatic carbocycles. The van der Waals surface area contributed by atoms with Gasteiger partial charge in [-0.25, -0.2) is 0 Å². The quantitative estimate of drug-likeness (QED) is 0.765. The van der Waals surface area contributed by atoms with Gasteiger partial charge >= 0.3 is 5.97 Å². The summed E-state index contributed by atoms with van der Waals surface area (Å²) in [6.45, 7) is 7.95. The average molecular weight is 260 g/mol. The lowest BCUT2D eigenvalue weighted by Gasteiger charge is -2.21. The summed E-state index contributed by atoms with van der Waals surface area (Å²) < 4.78 is 5.41. The molecule has 2 rings (SSSR count). The number of hydrogen-bond acceptors (Lipinski definition) is 2. The van der Waals surface area contributed by atoms with E-state index in [0.717, 1.165) is 12.8 Å². The first-order valence-electron chi connectivity index (χ1n) is 7.04. The highest BCUT2D eigenvalue weighted by Crippen LogP contribution is 2.56. The van der Waals surface area contributed by atoms with E-state index in [2.05, 4.69) is 31.2 Å². The van der Waals surface area contributed by atoms with Crippen molar-refractivity contribution in [1.29, 1.82) is 0 Å². The van der Waals surface area contributed by atoms with Crippen LogP contribution in [-0.4, -0.2) is 11.6 Å². The van der Waals surface area contributed by atoms with Gasteiger partial charge in [0.05, 0.1) is 6.42 Å². The van der Waals surface area contributed by atoms with Gasteiger partial charge in [-0.2, -0.15) is 0 Å². The van der Waals surface area contributed by atoms with Crippen LogP contribution in [0.4, 0.5) is 0 Å². The third-order valence-corrected chi connectivity index (χ3v) is 3.83. The first kappa shape index (κ1) is 14.1. The molecule has 0 N–H and O–H groups in total. The van der Waals surface area contributed by atoms with Crippen LogP contribution in [0.3, 0.4) is 0 Å². The molecule has 1 aromatic rings. The van der Waals surface area contributed by atoms with Crippen LogP contribution in [-0.2, 0) is 16.0 Å². The molecule has 104 valence electrons. The van der Waals surface area contributed by atoms with E-state index in [9.17, 15) is 4.79 Å². The SMILES string of the molecule is CC(C)(C)OC(=O)CC1(C)CC1Cc1ccccc1. The zero-order chi connectivity index (χ0) is 14.1. The molecule has 19 heavy (non-hydrogen) atoms. The molecular formula is C17H24O2. The number of hydrogen-bond donors (Lipinski definition) is 0. The molecule has 1 saturated carbocycles. The molecule has 2 unspecified atom stereocenters. The number of ether oxygens (including phenoxy) is 1. The van der Waals surface area contributed by atoms with Crippen molar-refractivity contribution in [3.63, 3.8) is 0 Å². The summed E-state index contributed by atoms with van der Waals surface area (Å²) in [7, 11) is 0. The Morgan fingerprint density at radius 2 is 1.95 bits per heavy atom. The number of carbonyl (C=O) groups excluding carboxylic acids is 1. The molecule has 1 fully saturated rings. The van der Waals surface area contributed by atoms with E-state index < -0.39 is 0 Å². The average Bonchev–Trinajstić information content (AvgIpc) is 2.86. The summed E-state index contributed by atoms with van der Waals surface area (Å²) in [6.07, 6.45) is 2.74. The maximum Gasteiger partial charge on any atom is 0.306 e. The lowest BCUT2D eigenvalue weighted by molar-refractivity contribution is -0.156. The smallest absolute Gasteiger partial charge is 0.306 e. The van der Waals surface area contributed by atoms with E-state index in [-0.39, 0.29) is 17.0 Å². The Hall–Kier alpha value is -1.31. The van der Waals surface area contributed by atoms with Crippen molar-refractivity contribution in [3.8, 4) is 0 Å². The van der Waals surface area contributed by atoms with Crippen LogP contribution in [0.5, 0.6) is 0 Å². The topological polar surface area (TPSA) is 26.3 Å². The summed E-state index contributed by atoms with van der Waals surface area (Å²) >= 11 is 0. The molecule has 0 saturated heterocycles. The molecular weight excluding hydrogens is 236 g/mol. The van der Waals surface area contributed by atoms with Crippen molar-refractivity contribution < 1.29 is 9.53 Å². The fourth-order valence-electron chi connectivity index (χ4n) is 2.64. The Morgan fingerprint density at radius 1 is 1.32 bits per heavy atom. The van der Waals surface area contributed by atoms with Gasteiger partial charge in [-0.1, -0.05) is 37.3 Å². The second-order valence-corrected chi connectivity index (χ2v) is 7.01. The Balaban J connectivity index is 1.85. The summed E-state index contributed by atoms with van der Waals surface area (Å²) in [4.78, 5) is 11.9. The zero-order valence-electron chi connectivity index (χ0n) is 12.4. The van der Waals surface area contributed by atoms with E-state index in [1.807, 2.05) is 26.8 Å². The van der Waals surface area contributed by atoms with Crippen LogP contribution in [0.1, 0.15) is 46.1 Å². The number of rotatable bonds is 4. The standard InChI is InChI=1S/C17H24O2/c1-16(2,3)19-15(18)12-17(4)11-14(17)10-13-8-6-5-7-9-13/h5-9,14H,10-12H2,1-4H3. The predicted molar refractivity (Wildman–Crippen MR) is 76.8 cm³/mol. The van der Waals surface area contributed by atoms with Gasteiger partial charge in [-0.3, -0.25) is 4.79 Å². The zero-order valence-corrected chi connectivity index (χ0v) is 12.4. The van der Waals surface area contributed by atoms with Crippen LogP contribution < -0.4 is 0 Å². The molecule has 0 radical (unpaired) electrons. The van der Waals surface area contributed by atoms with Gasteiger partial charge in [-0.15, -0.1) is 0 Å². The highest BCUT2D eigenvalue weighted by Gasteiger charge is 2.51. The van der Waals surface area contributed by atoms with Crippen molar-refractivity contribution in [2.45, 2.75) is 52.6 Å². The summed E-state index contributed by atoms with van der Waals surface area (Å²) in [5, 5.41) is 0. The molecule has 0 aromatic heterocycles. The summed E-state index contributed by atoms with van der Waals surface area (Å²) in [5.41, 5.74) is 1.12. The molecule has 0 spiro atoms. The van der Waals surface area contributed by atoms with Crippen LogP contribution in [0, 0.1) is 11.3 Å². The summed E-state index contributed by atoms with van der Waals surface area (Å²) in [5.74, 6) is 0.549. The minimum atomic E-state index is -0.378. The van der Waals surface area contributed by atoms with Gasteiger partial charge in [0.25, 0.3) is 0 Å². The third-order valence-electron chi connectivity index (χ3n) is 3.83. The van der Waals surface area contributed by atoms with Gasteiger partial charge < -0.3 is 4.74 Å². The van der Waals surface area contributed by atoms with Crippen LogP contribution in [0.25, 0.3) is 0 Å². The lowest BCUT2D eigenvalue weighted by Crippen LogP contribution is -2.25. The van der Waals surface area contributed by atoms with Crippen LogP contribution in [0.2, 0.25) is 0 Å². The third kappa shape index (κ3) is 4.09. The first-order valence-corrected chi connectivity index (χ1v) is 7.04. The maximum absolute atomic E-state index is 11.9. The van der Waals surface area contributed by atoms with E-state index in [1.165, 1.54) is 5.56 Å². The van der Waals surface area contributed by atoms with E-state index in [4.69, 9.17) is 4.74 Å². The minimum absolute atomic E-state index is 0.0643. The fourth-order valence-corrected chi connectivity index (χ4v) is 2.64. The molecule has 0 aliphatic heterocycles. The second kappa shape index (κ2) is 4.99. The normalized spacial score (nSPS) is 26.0. The van der Waals surface area contributed by atoms with E-state index in [1.54, 1.807) is 0 Å². The molecule has 1 aliphatic rings. The molecule has 0 amide bonds. The van der Waals surface area contributed by atoms with Crippen molar-refractivity contribution >= 4 is 5.97 Å². The first-order chi connectivity index (χ1) is 8.78. The van der Waals surface area contributed by atoms with Gasteiger partial charge in [0.2, 0.25) is 0 Å². The highest BCUT2D eigenvalue weighted by atomic mass is 16.6. The Morgan fingerprint density at radius 3 is 2.53 bits per heavy atom. The number of benzene rings is 1. The summed E-state index contributed by atoms with van der Waals surface area (Å²) in [6, 6.07) is 10.5. The largest absolute Gasteiger partial charge is 0.460 e. The van der Waals surface area contributed by atoms with Crippen LogP contribution >= 0.6 is 0 Å². The molecule has 2 atom stereocenters. The molecule has 2 nitrogen and oxygen atoms in total. The fraction of sp³-hybridized carbons (Fsp3) is 0.588. The van der Waals surface area contributed by atoms with Crippen LogP contribution in [0.15, 0.2) is 30.3 Å². The van der Waals surface area contributed by atoms with Crippen molar-refractivity contribution in [2.24, 2.45) is 11.3 Å². The Bertz CT molecular complexity index is 444. The lowest BCUT2D eigenvalue weighted by atomic mass is 9.98. The molecule has 2 heteroatoms. The molecule has 0 bridgehead atoms. The highest BCUT2D eigenvalue weighted by molar-refractivity contribution is 5.71. The minimum Gasteiger partial charge on any atom is -0.460 e. The van der Waals surface area contributed by atoms with Gasteiger partial charge in [0.1, 0.15) is 5.60 Å². The van der Waals surface area contributed by atoms with E-state index in [0.29, 0.717) is 12.3 Å². The Labute approximate surface area is 116 Å². The van der Waals surface area contributed by atoms with Crippen molar-refractivity contribution in [3.05, 3.63) is 35.9 Å². The van der Waals surface area contributed by atoms with Crippen molar-refractivity contribution in [2.75, 3.05) is 0 Å². The van der Waals surface area contributed by atoms with Gasteiger partial charge in [0.15, 0.2) is 0 Å². The number of carbonyl (C=O) groups is 1.